The third-order valence-corrected chi connectivity index (χ3v) is 11.2. The summed E-state index contributed by atoms with van der Waals surface area (Å²) in [6, 6.07) is 33.0. The minimum atomic E-state index is -0.555. The molecule has 9 nitrogen and oxygen atoms in total. The molecule has 1 aliphatic heterocycles. The third-order valence-electron chi connectivity index (χ3n) is 8.61. The Morgan fingerprint density at radius 2 is 1.65 bits per heavy atom. The topological polar surface area (TPSA) is 117 Å². The molecule has 276 valence electrons. The number of nitrogens with one attached hydrogen (secondary N) is 3. The Labute approximate surface area is 327 Å². The molecule has 1 aliphatic rings. The van der Waals surface area contributed by atoms with Crippen molar-refractivity contribution in [2.45, 2.75) is 43.5 Å². The average Bonchev–Trinajstić information content (AvgIpc) is 3.53. The number of rotatable bonds is 13. The van der Waals surface area contributed by atoms with Crippen LogP contribution in [0, 0.1) is 0 Å². The lowest BCUT2D eigenvalue weighted by Crippen LogP contribution is -2.30. The zero-order valence-corrected chi connectivity index (χ0v) is 32.2. The highest BCUT2D eigenvalue weighted by atomic mass is 35.5. The largest absolute Gasteiger partial charge is 0.462 e. The Morgan fingerprint density at radius 1 is 0.926 bits per heavy atom. The van der Waals surface area contributed by atoms with Gasteiger partial charge in [0.2, 0.25) is 5.91 Å². The first kappa shape index (κ1) is 38.5. The lowest BCUT2D eigenvalue weighted by molar-refractivity contribution is -0.115. The van der Waals surface area contributed by atoms with Gasteiger partial charge in [-0.3, -0.25) is 19.3 Å². The van der Waals surface area contributed by atoms with Crippen LogP contribution in [-0.2, 0) is 33.8 Å². The van der Waals surface area contributed by atoms with Gasteiger partial charge in [-0.15, -0.1) is 23.1 Å². The fourth-order valence-electron chi connectivity index (χ4n) is 5.95. The number of amides is 3. The molecule has 6 rings (SSSR count). The summed E-state index contributed by atoms with van der Waals surface area (Å²) in [5, 5.41) is 8.98. The van der Waals surface area contributed by atoms with Crippen LogP contribution in [0.1, 0.15) is 56.1 Å². The van der Waals surface area contributed by atoms with E-state index in [0.717, 1.165) is 28.4 Å². The van der Waals surface area contributed by atoms with Crippen LogP contribution in [0.5, 0.6) is 0 Å². The molecule has 2 heterocycles. The molecule has 0 saturated heterocycles. The van der Waals surface area contributed by atoms with Crippen LogP contribution in [-0.4, -0.2) is 47.0 Å². The number of thiophene rings is 1. The minimum absolute atomic E-state index is 0.00184. The third kappa shape index (κ3) is 9.86. The van der Waals surface area contributed by atoms with Crippen molar-refractivity contribution in [1.29, 1.82) is 0 Å². The molecule has 5 aromatic rings. The summed E-state index contributed by atoms with van der Waals surface area (Å²) in [5.74, 6) is -1.71. The summed E-state index contributed by atoms with van der Waals surface area (Å²) in [7, 11) is 0. The van der Waals surface area contributed by atoms with Gasteiger partial charge >= 0.3 is 5.97 Å². The molecule has 4 aromatic carbocycles. The van der Waals surface area contributed by atoms with Gasteiger partial charge in [0.25, 0.3) is 11.8 Å². The summed E-state index contributed by atoms with van der Waals surface area (Å²) in [5.41, 5.74) is 4.01. The highest BCUT2D eigenvalue weighted by molar-refractivity contribution is 8.00. The van der Waals surface area contributed by atoms with Crippen LogP contribution in [0.3, 0.4) is 0 Å². The van der Waals surface area contributed by atoms with E-state index in [1.165, 1.54) is 34.7 Å². The van der Waals surface area contributed by atoms with Gasteiger partial charge in [-0.1, -0.05) is 84.4 Å². The Hall–Kier alpha value is -5.20. The van der Waals surface area contributed by atoms with Gasteiger partial charge in [0.15, 0.2) is 0 Å². The van der Waals surface area contributed by atoms with Gasteiger partial charge in [0.05, 0.1) is 17.4 Å². The van der Waals surface area contributed by atoms with Crippen LogP contribution >= 0.6 is 34.7 Å². The number of hydrogen-bond acceptors (Lipinski definition) is 8. The predicted octanol–water partition coefficient (Wildman–Crippen LogP) is 8.67. The van der Waals surface area contributed by atoms with Crippen molar-refractivity contribution in [3.8, 4) is 0 Å². The molecule has 3 amide bonds. The number of thioether (sulfide) groups is 1. The highest BCUT2D eigenvalue weighted by Gasteiger charge is 2.30. The minimum Gasteiger partial charge on any atom is -0.462 e. The maximum atomic E-state index is 13.6. The summed E-state index contributed by atoms with van der Waals surface area (Å²) in [6.45, 7) is 6.03. The second kappa shape index (κ2) is 18.2. The smallest absolute Gasteiger partial charge is 0.341 e. The number of carbonyl (C=O) groups is 4. The maximum absolute atomic E-state index is 13.6. The molecule has 0 spiro atoms. The molecular formula is C42H39ClN4O5S2. The van der Waals surface area contributed by atoms with Crippen LogP contribution in [0.4, 0.5) is 10.7 Å². The van der Waals surface area contributed by atoms with Crippen molar-refractivity contribution in [3.63, 3.8) is 0 Å². The van der Waals surface area contributed by atoms with Crippen LogP contribution in [0.15, 0.2) is 120 Å². The van der Waals surface area contributed by atoms with E-state index in [4.69, 9.17) is 16.3 Å². The number of hydrogen-bond donors (Lipinski definition) is 3. The first-order valence-electron chi connectivity index (χ1n) is 17.5. The van der Waals surface area contributed by atoms with Crippen LogP contribution in [0.2, 0.25) is 5.02 Å². The van der Waals surface area contributed by atoms with Crippen molar-refractivity contribution >= 4 is 75.2 Å². The molecule has 0 aliphatic carbocycles. The summed E-state index contributed by atoms with van der Waals surface area (Å²) >= 11 is 9.11. The average molecular weight is 779 g/mol. The fraction of sp³-hybridized carbons (Fsp3) is 0.190. The van der Waals surface area contributed by atoms with Crippen molar-refractivity contribution < 1.29 is 23.9 Å². The molecule has 1 aromatic heterocycles. The van der Waals surface area contributed by atoms with E-state index in [-0.39, 0.29) is 18.2 Å². The van der Waals surface area contributed by atoms with Crippen molar-refractivity contribution in [2.75, 3.05) is 23.8 Å². The van der Waals surface area contributed by atoms with Crippen molar-refractivity contribution in [3.05, 3.63) is 153 Å². The van der Waals surface area contributed by atoms with E-state index in [1.54, 1.807) is 86.6 Å². The lowest BCUT2D eigenvalue weighted by Gasteiger charge is -2.27. The molecule has 0 radical (unpaired) electrons. The molecule has 1 unspecified atom stereocenters. The van der Waals surface area contributed by atoms with Gasteiger partial charge in [0, 0.05) is 45.7 Å². The Bertz CT molecular complexity index is 2170. The molecule has 0 bridgehead atoms. The molecule has 1 atom stereocenters. The number of esters is 1. The highest BCUT2D eigenvalue weighted by Crippen LogP contribution is 2.39. The van der Waals surface area contributed by atoms with Crippen molar-refractivity contribution in [2.24, 2.45) is 0 Å². The molecule has 0 saturated carbocycles. The van der Waals surface area contributed by atoms with Gasteiger partial charge in [-0.25, -0.2) is 4.79 Å². The van der Waals surface area contributed by atoms with E-state index in [9.17, 15) is 19.2 Å². The molecular weight excluding hydrogens is 740 g/mol. The number of benzene rings is 4. The van der Waals surface area contributed by atoms with E-state index in [1.807, 2.05) is 24.3 Å². The summed E-state index contributed by atoms with van der Waals surface area (Å²) in [6.07, 6.45) is 2.20. The van der Waals surface area contributed by atoms with Gasteiger partial charge in [-0.2, -0.15) is 0 Å². The maximum Gasteiger partial charge on any atom is 0.341 e. The molecule has 3 N–H and O–H groups in total. The van der Waals surface area contributed by atoms with Crippen LogP contribution in [0.25, 0.3) is 6.08 Å². The van der Waals surface area contributed by atoms with Gasteiger partial charge in [-0.05, 0) is 79.4 Å². The second-order valence-electron chi connectivity index (χ2n) is 12.5. The normalized spacial score (nSPS) is 13.4. The summed E-state index contributed by atoms with van der Waals surface area (Å²) in [4.78, 5) is 57.6. The standard InChI is InChI=1S/C42H39ClN4O5S2/c1-3-52-42(51)37-33-21-22-47(25-28-13-6-4-7-14-28)26-36(33)54-41(37)46-38(48)27(2)53-32-19-12-18-31(24-32)44-40(50)35(23-30-17-10-11-20-34(30)43)45-39(49)29-15-8-5-9-16-29/h4-20,23-24,27H,3,21-22,25-26H2,1-2H3,(H,44,50)(H,45,49)(H,46,48)/b35-23+. The number of carbonyl (C=O) groups excluding carboxylic acids is 4. The molecule has 54 heavy (non-hydrogen) atoms. The van der Waals surface area contributed by atoms with Gasteiger partial charge in [0.1, 0.15) is 10.7 Å². The number of halogens is 1. The second-order valence-corrected chi connectivity index (χ2v) is 15.4. The first-order chi connectivity index (χ1) is 26.2. The zero-order valence-electron chi connectivity index (χ0n) is 29.8. The van der Waals surface area contributed by atoms with E-state index in [2.05, 4.69) is 33.0 Å². The Morgan fingerprint density at radius 3 is 2.39 bits per heavy atom. The zero-order chi connectivity index (χ0) is 38.0. The number of anilines is 2. The monoisotopic (exact) mass is 778 g/mol. The fourth-order valence-corrected chi connectivity index (χ4v) is 8.34. The number of ether oxygens (including phenoxy) is 1. The van der Waals surface area contributed by atoms with E-state index in [0.29, 0.717) is 45.4 Å². The Balaban J connectivity index is 1.14. The SMILES string of the molecule is CCOC(=O)c1c(NC(=O)C(C)Sc2cccc(NC(=O)/C(=C\c3ccccc3Cl)NC(=O)c3ccccc3)c2)sc2c1CCN(Cc1ccccc1)C2. The van der Waals surface area contributed by atoms with Gasteiger partial charge < -0.3 is 20.7 Å². The van der Waals surface area contributed by atoms with E-state index >= 15 is 0 Å². The molecule has 12 heteroatoms. The predicted molar refractivity (Wildman–Crippen MR) is 217 cm³/mol. The number of nitrogens with zero attached hydrogens (tertiary/aromatic N) is 1. The Kier molecular flexibility index (Phi) is 13.0. The van der Waals surface area contributed by atoms with Crippen LogP contribution < -0.4 is 16.0 Å². The lowest BCUT2D eigenvalue weighted by atomic mass is 10.0. The quantitative estimate of drug-likeness (QED) is 0.0623. The van der Waals surface area contributed by atoms with E-state index < -0.39 is 23.0 Å². The van der Waals surface area contributed by atoms with Crippen molar-refractivity contribution in [1.82, 2.24) is 10.2 Å². The number of fused-ring (bicyclic) bond motifs is 1. The first-order valence-corrected chi connectivity index (χ1v) is 19.6. The molecule has 0 fully saturated rings. The summed E-state index contributed by atoms with van der Waals surface area (Å²) < 4.78 is 5.43.